The first-order valence-electron chi connectivity index (χ1n) is 6.75. The molecule has 6 heteroatoms. The number of benzene rings is 1. The summed E-state index contributed by atoms with van der Waals surface area (Å²) in [6.07, 6.45) is 0.249. The molecule has 0 bridgehead atoms. The van der Waals surface area contributed by atoms with Crippen LogP contribution in [0.15, 0.2) is 35.2 Å². The van der Waals surface area contributed by atoms with Crippen molar-refractivity contribution < 1.29 is 18.3 Å². The Balaban J connectivity index is 1.75. The van der Waals surface area contributed by atoms with Gasteiger partial charge in [-0.2, -0.15) is 0 Å². The molecule has 0 aromatic heterocycles. The second-order valence-corrected chi connectivity index (χ2v) is 7.89. The lowest BCUT2D eigenvalue weighted by Crippen LogP contribution is -2.29. The Morgan fingerprint density at radius 1 is 1.10 bits per heavy atom. The number of sulfone groups is 1. The lowest BCUT2D eigenvalue weighted by Gasteiger charge is -2.16. The Bertz CT molecular complexity index is 599. The van der Waals surface area contributed by atoms with Crippen molar-refractivity contribution in [1.29, 1.82) is 0 Å². The van der Waals surface area contributed by atoms with E-state index in [9.17, 15) is 13.2 Å². The molecule has 108 valence electrons. The van der Waals surface area contributed by atoms with Crippen LogP contribution in [0, 0.1) is 11.8 Å². The topological polar surface area (TPSA) is 74.7 Å². The second-order valence-electron chi connectivity index (χ2n) is 5.66. The third-order valence-electron chi connectivity index (χ3n) is 4.49. The van der Waals surface area contributed by atoms with Gasteiger partial charge in [0.05, 0.1) is 10.1 Å². The number of amides is 1. The van der Waals surface area contributed by atoms with Crippen LogP contribution < -0.4 is 0 Å². The average molecular weight is 295 g/mol. The molecule has 0 spiro atoms. The molecule has 20 heavy (non-hydrogen) atoms. The molecule has 5 nitrogen and oxygen atoms in total. The first-order chi connectivity index (χ1) is 9.48. The molecule has 1 aliphatic carbocycles. The Morgan fingerprint density at radius 3 is 2.15 bits per heavy atom. The Kier molecular flexibility index (Phi) is 3.20. The van der Waals surface area contributed by atoms with E-state index in [0.717, 1.165) is 0 Å². The molecule has 0 unspecified atom stereocenters. The Labute approximate surface area is 118 Å². The third-order valence-corrected chi connectivity index (χ3v) is 6.68. The zero-order valence-corrected chi connectivity index (χ0v) is 11.8. The van der Waals surface area contributed by atoms with Crippen LogP contribution in [0.25, 0.3) is 0 Å². The van der Waals surface area contributed by atoms with Gasteiger partial charge in [-0.1, -0.05) is 18.2 Å². The molecule has 2 fully saturated rings. The third kappa shape index (κ3) is 2.18. The van der Waals surface area contributed by atoms with Crippen LogP contribution >= 0.6 is 0 Å². The normalized spacial score (nSPS) is 29.4. The number of fused-ring (bicyclic) bond motifs is 1. The fraction of sp³-hybridized carbons (Fsp3) is 0.500. The number of hydrogen-bond acceptors (Lipinski definition) is 3. The molecule has 3 rings (SSSR count). The predicted octanol–water partition coefficient (Wildman–Crippen LogP) is 1.85. The van der Waals surface area contributed by atoms with Crippen LogP contribution in [0.1, 0.15) is 12.8 Å². The molecule has 1 amide bonds. The fourth-order valence-electron chi connectivity index (χ4n) is 3.46. The molecule has 1 N–H and O–H groups in total. The number of rotatable bonds is 2. The highest BCUT2D eigenvalue weighted by Gasteiger charge is 2.46. The quantitative estimate of drug-likeness (QED) is 0.903. The van der Waals surface area contributed by atoms with E-state index >= 15 is 0 Å². The van der Waals surface area contributed by atoms with Crippen LogP contribution in [0.4, 0.5) is 4.79 Å². The first-order valence-corrected chi connectivity index (χ1v) is 8.30. The lowest BCUT2D eigenvalue weighted by molar-refractivity contribution is 0.152. The minimum atomic E-state index is -3.28. The number of carbonyl (C=O) groups is 1. The van der Waals surface area contributed by atoms with Crippen LogP contribution in [0.3, 0.4) is 0 Å². The van der Waals surface area contributed by atoms with Gasteiger partial charge in [0.25, 0.3) is 0 Å². The van der Waals surface area contributed by atoms with E-state index in [1.807, 2.05) is 0 Å². The van der Waals surface area contributed by atoms with E-state index in [-0.39, 0.29) is 17.1 Å². The van der Waals surface area contributed by atoms with Gasteiger partial charge in [-0.3, -0.25) is 0 Å². The van der Waals surface area contributed by atoms with Crippen LogP contribution in [0.2, 0.25) is 0 Å². The number of hydrogen-bond donors (Lipinski definition) is 1. The predicted molar refractivity (Wildman–Crippen MR) is 73.2 cm³/mol. The summed E-state index contributed by atoms with van der Waals surface area (Å²) in [5.74, 6) is 0.379. The van der Waals surface area contributed by atoms with Gasteiger partial charge < -0.3 is 10.0 Å². The van der Waals surface area contributed by atoms with Crippen molar-refractivity contribution in [3.05, 3.63) is 30.3 Å². The van der Waals surface area contributed by atoms with Crippen molar-refractivity contribution in [3.8, 4) is 0 Å². The maximum atomic E-state index is 12.6. The monoisotopic (exact) mass is 295 g/mol. The minimum absolute atomic E-state index is 0.189. The summed E-state index contributed by atoms with van der Waals surface area (Å²) >= 11 is 0. The first kappa shape index (κ1) is 13.4. The minimum Gasteiger partial charge on any atom is -0.465 e. The van der Waals surface area contributed by atoms with Crippen molar-refractivity contribution in [2.75, 3.05) is 13.1 Å². The van der Waals surface area contributed by atoms with E-state index in [1.165, 1.54) is 4.90 Å². The number of nitrogens with zero attached hydrogens (tertiary/aromatic N) is 1. The van der Waals surface area contributed by atoms with Crippen LogP contribution in [-0.4, -0.2) is 42.9 Å². The van der Waals surface area contributed by atoms with Gasteiger partial charge in [-0.15, -0.1) is 0 Å². The van der Waals surface area contributed by atoms with E-state index in [2.05, 4.69) is 0 Å². The highest BCUT2D eigenvalue weighted by Crippen LogP contribution is 2.42. The van der Waals surface area contributed by atoms with Gasteiger partial charge in [0.2, 0.25) is 0 Å². The summed E-state index contributed by atoms with van der Waals surface area (Å²) < 4.78 is 25.1. The molecule has 1 aliphatic heterocycles. The molecular formula is C14H17NO4S. The van der Waals surface area contributed by atoms with Gasteiger partial charge in [0.1, 0.15) is 0 Å². The van der Waals surface area contributed by atoms with Gasteiger partial charge in [-0.05, 0) is 36.8 Å². The van der Waals surface area contributed by atoms with E-state index in [1.54, 1.807) is 30.3 Å². The van der Waals surface area contributed by atoms with Crippen LogP contribution in [-0.2, 0) is 9.84 Å². The van der Waals surface area contributed by atoms with E-state index < -0.39 is 15.9 Å². The molecule has 2 aliphatic rings. The SMILES string of the molecule is O=C(O)N1C[C@H]2C[C@H](S(=O)(=O)c3ccccc3)C[C@H]2C1. The summed E-state index contributed by atoms with van der Waals surface area (Å²) in [5, 5.41) is 8.61. The molecule has 1 aromatic rings. The molecule has 0 radical (unpaired) electrons. The second kappa shape index (κ2) is 4.77. The van der Waals surface area contributed by atoms with E-state index in [4.69, 9.17) is 5.11 Å². The zero-order valence-electron chi connectivity index (χ0n) is 11.0. The van der Waals surface area contributed by atoms with Crippen molar-refractivity contribution in [2.45, 2.75) is 23.0 Å². The lowest BCUT2D eigenvalue weighted by atomic mass is 10.0. The van der Waals surface area contributed by atoms with Crippen LogP contribution in [0.5, 0.6) is 0 Å². The highest BCUT2D eigenvalue weighted by atomic mass is 32.2. The summed E-state index contributed by atoms with van der Waals surface area (Å²) in [4.78, 5) is 12.7. The van der Waals surface area contributed by atoms with Crippen molar-refractivity contribution >= 4 is 15.9 Å². The largest absolute Gasteiger partial charge is 0.465 e. The van der Waals surface area contributed by atoms with Gasteiger partial charge >= 0.3 is 6.09 Å². The smallest absolute Gasteiger partial charge is 0.407 e. The molecule has 1 saturated heterocycles. The van der Waals surface area contributed by atoms with Crippen molar-refractivity contribution in [2.24, 2.45) is 11.8 Å². The summed E-state index contributed by atoms with van der Waals surface area (Å²) in [6, 6.07) is 8.52. The summed E-state index contributed by atoms with van der Waals surface area (Å²) in [6.45, 7) is 0.946. The van der Waals surface area contributed by atoms with Gasteiger partial charge in [0.15, 0.2) is 9.84 Å². The van der Waals surface area contributed by atoms with Crippen molar-refractivity contribution in [1.82, 2.24) is 4.90 Å². The van der Waals surface area contributed by atoms with Gasteiger partial charge in [0, 0.05) is 13.1 Å². The molecule has 1 saturated carbocycles. The molecule has 1 heterocycles. The average Bonchev–Trinajstić information content (AvgIpc) is 2.98. The number of carboxylic acid groups (broad SMARTS) is 1. The highest BCUT2D eigenvalue weighted by molar-refractivity contribution is 7.92. The van der Waals surface area contributed by atoms with Crippen molar-refractivity contribution in [3.63, 3.8) is 0 Å². The maximum absolute atomic E-state index is 12.6. The van der Waals surface area contributed by atoms with E-state index in [0.29, 0.717) is 30.8 Å². The number of likely N-dealkylation sites (tertiary alicyclic amines) is 1. The van der Waals surface area contributed by atoms with Gasteiger partial charge in [-0.25, -0.2) is 13.2 Å². The summed E-state index contributed by atoms with van der Waals surface area (Å²) in [7, 11) is -3.28. The zero-order chi connectivity index (χ0) is 14.3. The Morgan fingerprint density at radius 2 is 1.65 bits per heavy atom. The molecule has 3 atom stereocenters. The molecular weight excluding hydrogens is 278 g/mol. The molecule has 1 aromatic carbocycles. The fourth-order valence-corrected chi connectivity index (χ4v) is 5.38. The Hall–Kier alpha value is -1.56. The summed E-state index contributed by atoms with van der Waals surface area (Å²) in [5.41, 5.74) is 0. The maximum Gasteiger partial charge on any atom is 0.407 e. The standard InChI is InChI=1S/C14H17NO4S/c16-14(17)15-8-10-6-13(7-11(10)9-15)20(18,19)12-4-2-1-3-5-12/h1-5,10-11,13H,6-9H2,(H,16,17)/t10-,11+,13+.